The molecular formula is C9H9F3N6O2. The molecule has 0 atom stereocenters. The number of nitrogens with two attached hydrogens (primary N) is 1. The Kier molecular flexibility index (Phi) is 3.59. The number of hydrogen-bond donors (Lipinski definition) is 2. The first-order chi connectivity index (χ1) is 9.38. The number of ether oxygens (including phenoxy) is 1. The van der Waals surface area contributed by atoms with E-state index < -0.39 is 18.1 Å². The summed E-state index contributed by atoms with van der Waals surface area (Å²) in [6, 6.07) is 2.75. The van der Waals surface area contributed by atoms with Crippen molar-refractivity contribution in [2.45, 2.75) is 6.18 Å². The number of nitrogens with one attached hydrogen (secondary N) is 1. The van der Waals surface area contributed by atoms with Crippen LogP contribution in [0.4, 0.5) is 23.8 Å². The zero-order valence-electron chi connectivity index (χ0n) is 9.89. The minimum Gasteiger partial charge on any atom is -0.448 e. The molecular weight excluding hydrogens is 281 g/mol. The lowest BCUT2D eigenvalue weighted by molar-refractivity contribution is -0.146. The van der Waals surface area contributed by atoms with Crippen molar-refractivity contribution in [1.82, 2.24) is 19.8 Å². The van der Waals surface area contributed by atoms with Crippen molar-refractivity contribution in [3.63, 3.8) is 0 Å². The Morgan fingerprint density at radius 3 is 2.80 bits per heavy atom. The molecule has 0 saturated carbocycles. The SMILES string of the molecule is NC(=O)OCCNc1ccc2nnc(C(F)(F)F)n2n1. The van der Waals surface area contributed by atoms with Gasteiger partial charge >= 0.3 is 12.3 Å². The summed E-state index contributed by atoms with van der Waals surface area (Å²) in [6.45, 7) is 0.105. The van der Waals surface area contributed by atoms with Crippen molar-refractivity contribution in [2.75, 3.05) is 18.5 Å². The lowest BCUT2D eigenvalue weighted by Gasteiger charge is -2.07. The van der Waals surface area contributed by atoms with Gasteiger partial charge in [-0.15, -0.1) is 15.3 Å². The van der Waals surface area contributed by atoms with Gasteiger partial charge in [0.1, 0.15) is 12.4 Å². The summed E-state index contributed by atoms with van der Waals surface area (Å²) in [5.74, 6) is -1.07. The first kappa shape index (κ1) is 13.8. The fourth-order valence-electron chi connectivity index (χ4n) is 1.39. The van der Waals surface area contributed by atoms with Gasteiger partial charge in [-0.1, -0.05) is 0 Å². The summed E-state index contributed by atoms with van der Waals surface area (Å²) in [5, 5.41) is 12.8. The highest BCUT2D eigenvalue weighted by Gasteiger charge is 2.37. The minimum absolute atomic E-state index is 0.0312. The van der Waals surface area contributed by atoms with E-state index in [0.717, 1.165) is 0 Å². The lowest BCUT2D eigenvalue weighted by atomic mass is 10.5. The van der Waals surface area contributed by atoms with Crippen molar-refractivity contribution in [3.05, 3.63) is 18.0 Å². The van der Waals surface area contributed by atoms with Crippen LogP contribution >= 0.6 is 0 Å². The Hall–Kier alpha value is -2.59. The maximum Gasteiger partial charge on any atom is 0.453 e. The average Bonchev–Trinajstić information content (AvgIpc) is 2.77. The summed E-state index contributed by atoms with van der Waals surface area (Å²) in [5.41, 5.74) is 4.72. The van der Waals surface area contributed by atoms with Crippen molar-refractivity contribution in [1.29, 1.82) is 0 Å². The molecule has 0 unspecified atom stereocenters. The van der Waals surface area contributed by atoms with Gasteiger partial charge in [0, 0.05) is 0 Å². The number of nitrogens with zero attached hydrogens (tertiary/aromatic N) is 4. The number of alkyl halides is 3. The van der Waals surface area contributed by atoms with E-state index in [2.05, 4.69) is 25.3 Å². The Bertz CT molecular complexity index is 626. The second-order valence-electron chi connectivity index (χ2n) is 3.60. The van der Waals surface area contributed by atoms with Gasteiger partial charge in [0.25, 0.3) is 5.82 Å². The standard InChI is InChI=1S/C9H9F3N6O2/c10-9(11,12)7-16-15-6-2-1-5(17-18(6)7)14-3-4-20-8(13)19/h1-2H,3-4H2,(H2,13,19)(H,14,17). The highest BCUT2D eigenvalue weighted by Crippen LogP contribution is 2.27. The van der Waals surface area contributed by atoms with Crippen LogP contribution in [0.3, 0.4) is 0 Å². The molecule has 2 aromatic heterocycles. The van der Waals surface area contributed by atoms with Crippen LogP contribution in [0.25, 0.3) is 5.65 Å². The molecule has 0 aliphatic heterocycles. The third-order valence-electron chi connectivity index (χ3n) is 2.17. The summed E-state index contributed by atoms with van der Waals surface area (Å²) in [7, 11) is 0. The number of halogens is 3. The van der Waals surface area contributed by atoms with Crippen LogP contribution in [-0.4, -0.2) is 39.1 Å². The summed E-state index contributed by atoms with van der Waals surface area (Å²) in [6.07, 6.45) is -5.59. The zero-order chi connectivity index (χ0) is 14.8. The molecule has 0 aromatic carbocycles. The number of fused-ring (bicyclic) bond motifs is 1. The average molecular weight is 290 g/mol. The molecule has 0 saturated heterocycles. The number of primary amides is 1. The number of carbonyl (C=O) groups is 1. The van der Waals surface area contributed by atoms with Gasteiger partial charge in [0.15, 0.2) is 5.65 Å². The van der Waals surface area contributed by atoms with Gasteiger partial charge in [-0.3, -0.25) is 0 Å². The van der Waals surface area contributed by atoms with E-state index in [-0.39, 0.29) is 24.6 Å². The number of anilines is 1. The van der Waals surface area contributed by atoms with Crippen LogP contribution in [0.5, 0.6) is 0 Å². The molecule has 0 aliphatic rings. The first-order valence-corrected chi connectivity index (χ1v) is 5.33. The van der Waals surface area contributed by atoms with Crippen LogP contribution in [0.15, 0.2) is 12.1 Å². The van der Waals surface area contributed by atoms with E-state index in [4.69, 9.17) is 5.73 Å². The smallest absolute Gasteiger partial charge is 0.448 e. The maximum atomic E-state index is 12.6. The van der Waals surface area contributed by atoms with Gasteiger partial charge in [-0.2, -0.15) is 17.7 Å². The van der Waals surface area contributed by atoms with E-state index in [1.807, 2.05) is 0 Å². The summed E-state index contributed by atoms with van der Waals surface area (Å²) >= 11 is 0. The topological polar surface area (TPSA) is 107 Å². The molecule has 2 aromatic rings. The predicted molar refractivity (Wildman–Crippen MR) is 59.8 cm³/mol. The molecule has 0 radical (unpaired) electrons. The zero-order valence-corrected chi connectivity index (χ0v) is 9.89. The largest absolute Gasteiger partial charge is 0.453 e. The maximum absolute atomic E-state index is 12.6. The Balaban J connectivity index is 2.14. The minimum atomic E-state index is -4.65. The molecule has 11 heteroatoms. The van der Waals surface area contributed by atoms with Gasteiger partial charge < -0.3 is 15.8 Å². The van der Waals surface area contributed by atoms with Gasteiger partial charge in [0.05, 0.1) is 6.54 Å². The quantitative estimate of drug-likeness (QED) is 0.800. The van der Waals surface area contributed by atoms with Crippen molar-refractivity contribution >= 4 is 17.6 Å². The molecule has 108 valence electrons. The van der Waals surface area contributed by atoms with Crippen molar-refractivity contribution < 1.29 is 22.7 Å². The Labute approximate surface area is 109 Å². The normalized spacial score (nSPS) is 11.6. The number of amides is 1. The Morgan fingerprint density at radius 2 is 2.15 bits per heavy atom. The molecule has 2 heterocycles. The fraction of sp³-hybridized carbons (Fsp3) is 0.333. The van der Waals surface area contributed by atoms with Gasteiger partial charge in [-0.05, 0) is 12.1 Å². The monoisotopic (exact) mass is 290 g/mol. The highest BCUT2D eigenvalue weighted by molar-refractivity contribution is 5.64. The van der Waals surface area contributed by atoms with Crippen molar-refractivity contribution in [3.8, 4) is 0 Å². The number of carbonyl (C=O) groups excluding carboxylic acids is 1. The molecule has 0 aliphatic carbocycles. The van der Waals surface area contributed by atoms with Crippen LogP contribution in [0.1, 0.15) is 5.82 Å². The van der Waals surface area contributed by atoms with E-state index in [1.165, 1.54) is 12.1 Å². The second-order valence-corrected chi connectivity index (χ2v) is 3.60. The Morgan fingerprint density at radius 1 is 1.40 bits per heavy atom. The molecule has 8 nitrogen and oxygen atoms in total. The van der Waals surface area contributed by atoms with Crippen LogP contribution in [-0.2, 0) is 10.9 Å². The molecule has 1 amide bonds. The lowest BCUT2D eigenvalue weighted by Crippen LogP contribution is -2.19. The second kappa shape index (κ2) is 5.19. The third kappa shape index (κ3) is 3.05. The van der Waals surface area contributed by atoms with Crippen molar-refractivity contribution in [2.24, 2.45) is 5.73 Å². The molecule has 0 bridgehead atoms. The summed E-state index contributed by atoms with van der Waals surface area (Å²) in [4.78, 5) is 10.3. The van der Waals surface area contributed by atoms with E-state index in [1.54, 1.807) is 0 Å². The molecule has 0 fully saturated rings. The van der Waals surface area contributed by atoms with Crippen LogP contribution < -0.4 is 11.1 Å². The van der Waals surface area contributed by atoms with Crippen LogP contribution in [0, 0.1) is 0 Å². The molecule has 2 rings (SSSR count). The van der Waals surface area contributed by atoms with Gasteiger partial charge in [-0.25, -0.2) is 4.79 Å². The van der Waals surface area contributed by atoms with Gasteiger partial charge in [0.2, 0.25) is 0 Å². The van der Waals surface area contributed by atoms with E-state index >= 15 is 0 Å². The predicted octanol–water partition coefficient (Wildman–Crippen LogP) is 0.650. The summed E-state index contributed by atoms with van der Waals surface area (Å²) < 4.78 is 42.9. The highest BCUT2D eigenvalue weighted by atomic mass is 19.4. The molecule has 20 heavy (non-hydrogen) atoms. The van der Waals surface area contributed by atoms with Crippen LogP contribution in [0.2, 0.25) is 0 Å². The number of hydrogen-bond acceptors (Lipinski definition) is 6. The molecule has 3 N–H and O–H groups in total. The first-order valence-electron chi connectivity index (χ1n) is 5.33. The molecule has 0 spiro atoms. The van der Waals surface area contributed by atoms with E-state index in [9.17, 15) is 18.0 Å². The fourth-order valence-corrected chi connectivity index (χ4v) is 1.39. The number of rotatable bonds is 4. The number of aromatic nitrogens is 4. The van der Waals surface area contributed by atoms with E-state index in [0.29, 0.717) is 4.52 Å². The third-order valence-corrected chi connectivity index (χ3v) is 2.17.